The number of methoxy groups -OCH3 is 1. The Morgan fingerprint density at radius 1 is 1.23 bits per heavy atom. The number of rotatable bonds is 4. The van der Waals surface area contributed by atoms with Crippen molar-refractivity contribution in [3.63, 3.8) is 0 Å². The fourth-order valence-corrected chi connectivity index (χ4v) is 5.52. The number of fused-ring (bicyclic) bond motifs is 2. The van der Waals surface area contributed by atoms with Crippen molar-refractivity contribution in [3.8, 4) is 5.75 Å². The first-order chi connectivity index (χ1) is 15.0. The Hall–Kier alpha value is -2.54. The number of hydrogen-bond donors (Lipinski definition) is 2. The van der Waals surface area contributed by atoms with Gasteiger partial charge in [0.2, 0.25) is 5.91 Å². The van der Waals surface area contributed by atoms with Crippen molar-refractivity contribution in [2.45, 2.75) is 31.7 Å². The third kappa shape index (κ3) is 3.80. The first-order valence-corrected chi connectivity index (χ1v) is 11.8. The van der Waals surface area contributed by atoms with Gasteiger partial charge in [-0.15, -0.1) is 0 Å². The Balaban J connectivity index is 1.27. The molecule has 1 aromatic carbocycles. The van der Waals surface area contributed by atoms with Crippen molar-refractivity contribution < 1.29 is 9.53 Å². The summed E-state index contributed by atoms with van der Waals surface area (Å²) in [6.45, 7) is 0. The number of carbonyl (C=O) groups excluding carboxylic acids is 1. The molecular formula is C20H20IN7O2S. The Kier molecular flexibility index (Phi) is 5.38. The molecule has 160 valence electrons. The van der Waals surface area contributed by atoms with Gasteiger partial charge in [-0.3, -0.25) is 4.79 Å². The van der Waals surface area contributed by atoms with E-state index in [-0.39, 0.29) is 17.9 Å². The fraction of sp³-hybridized carbons (Fsp3) is 0.350. The number of ether oxygens (including phenoxy) is 1. The summed E-state index contributed by atoms with van der Waals surface area (Å²) < 4.78 is 9.02. The number of carbonyl (C=O) groups is 1. The highest BCUT2D eigenvalue weighted by atomic mass is 127. The predicted molar refractivity (Wildman–Crippen MR) is 128 cm³/mol. The van der Waals surface area contributed by atoms with Gasteiger partial charge in [0.15, 0.2) is 20.4 Å². The highest BCUT2D eigenvalue weighted by Gasteiger charge is 2.29. The van der Waals surface area contributed by atoms with E-state index in [1.165, 1.54) is 11.3 Å². The van der Waals surface area contributed by atoms with Crippen LogP contribution in [0.5, 0.6) is 5.75 Å². The van der Waals surface area contributed by atoms with Crippen LogP contribution in [0.25, 0.3) is 21.4 Å². The van der Waals surface area contributed by atoms with Gasteiger partial charge in [-0.25, -0.2) is 19.9 Å². The van der Waals surface area contributed by atoms with Crippen LogP contribution < -0.4 is 15.8 Å². The summed E-state index contributed by atoms with van der Waals surface area (Å²) in [5, 5.41) is 3.61. The lowest BCUT2D eigenvalue weighted by Gasteiger charge is -2.28. The lowest BCUT2D eigenvalue weighted by molar-refractivity contribution is -0.120. The number of amides is 1. The molecule has 11 heteroatoms. The second-order valence-electron chi connectivity index (χ2n) is 7.52. The van der Waals surface area contributed by atoms with Crippen LogP contribution in [0.2, 0.25) is 0 Å². The highest BCUT2D eigenvalue weighted by Crippen LogP contribution is 2.36. The molecule has 0 spiro atoms. The summed E-state index contributed by atoms with van der Waals surface area (Å²) in [5.74, 6) is 1.09. The second kappa shape index (κ2) is 8.19. The maximum Gasteiger partial charge on any atom is 0.229 e. The normalized spacial score (nSPS) is 19.0. The number of benzene rings is 1. The van der Waals surface area contributed by atoms with Crippen LogP contribution in [-0.2, 0) is 4.79 Å². The van der Waals surface area contributed by atoms with Gasteiger partial charge >= 0.3 is 0 Å². The van der Waals surface area contributed by atoms with Crippen LogP contribution in [0.4, 0.5) is 10.9 Å². The van der Waals surface area contributed by atoms with Gasteiger partial charge in [0, 0.05) is 34.6 Å². The summed E-state index contributed by atoms with van der Waals surface area (Å²) in [6.07, 6.45) is 5.12. The molecule has 1 aliphatic rings. The van der Waals surface area contributed by atoms with E-state index in [4.69, 9.17) is 10.5 Å². The smallest absolute Gasteiger partial charge is 0.229 e. The molecule has 4 aromatic rings. The summed E-state index contributed by atoms with van der Waals surface area (Å²) >= 11 is 3.52. The molecule has 3 heterocycles. The van der Waals surface area contributed by atoms with Crippen LogP contribution in [-0.4, -0.2) is 37.5 Å². The molecule has 5 rings (SSSR count). The van der Waals surface area contributed by atoms with E-state index in [0.717, 1.165) is 41.5 Å². The van der Waals surface area contributed by atoms with E-state index in [0.29, 0.717) is 26.0 Å². The molecule has 3 N–H and O–H groups in total. The molecule has 0 bridgehead atoms. The lowest BCUT2D eigenvalue weighted by Crippen LogP contribution is -2.28. The van der Waals surface area contributed by atoms with Gasteiger partial charge < -0.3 is 20.4 Å². The Morgan fingerprint density at radius 3 is 2.81 bits per heavy atom. The fourth-order valence-electron chi connectivity index (χ4n) is 4.14. The number of imidazole rings is 1. The van der Waals surface area contributed by atoms with Gasteiger partial charge in [-0.2, -0.15) is 0 Å². The zero-order valence-corrected chi connectivity index (χ0v) is 19.7. The zero-order valence-electron chi connectivity index (χ0n) is 16.7. The van der Waals surface area contributed by atoms with E-state index in [2.05, 4.69) is 52.4 Å². The minimum Gasteiger partial charge on any atom is -0.494 e. The van der Waals surface area contributed by atoms with Crippen molar-refractivity contribution in [3.05, 3.63) is 28.4 Å². The predicted octanol–water partition coefficient (Wildman–Crippen LogP) is 4.00. The third-order valence-corrected chi connectivity index (χ3v) is 7.13. The second-order valence-corrected chi connectivity index (χ2v) is 9.52. The van der Waals surface area contributed by atoms with E-state index in [1.807, 2.05) is 18.2 Å². The number of halogens is 1. The third-order valence-electron chi connectivity index (χ3n) is 5.71. The van der Waals surface area contributed by atoms with Crippen molar-refractivity contribution in [2.75, 3.05) is 18.2 Å². The summed E-state index contributed by atoms with van der Waals surface area (Å²) in [7, 11) is 1.62. The molecule has 0 aliphatic heterocycles. The number of para-hydroxylation sites is 1. The summed E-state index contributed by atoms with van der Waals surface area (Å²) in [5.41, 5.74) is 8.15. The molecule has 0 atom stereocenters. The standard InChI is InChI=1S/C20H20IN7O2S/c1-30-12-3-2-4-13-14(12)24-20(31-13)27-18(29)10-5-7-11(8-6-10)28-9-23-15-16(22)25-19(21)26-17(15)28/h2-4,9-11H,5-8H2,1H3,(H2,22,25,26)(H,24,27,29)/t10-,11+. The van der Waals surface area contributed by atoms with E-state index < -0.39 is 0 Å². The number of hydrogen-bond acceptors (Lipinski definition) is 8. The number of nitrogen functional groups attached to an aromatic ring is 1. The summed E-state index contributed by atoms with van der Waals surface area (Å²) in [6, 6.07) is 6.01. The summed E-state index contributed by atoms with van der Waals surface area (Å²) in [4.78, 5) is 30.5. The molecule has 1 fully saturated rings. The number of nitrogens with zero attached hydrogens (tertiary/aromatic N) is 5. The topological polar surface area (TPSA) is 121 Å². The highest BCUT2D eigenvalue weighted by molar-refractivity contribution is 14.1. The Bertz CT molecular complexity index is 1280. The van der Waals surface area contributed by atoms with Crippen LogP contribution >= 0.6 is 33.9 Å². The van der Waals surface area contributed by atoms with Gasteiger partial charge in [-0.1, -0.05) is 17.4 Å². The molecule has 3 aromatic heterocycles. The van der Waals surface area contributed by atoms with Gasteiger partial charge in [0.25, 0.3) is 0 Å². The molecule has 1 saturated carbocycles. The molecule has 0 unspecified atom stereocenters. The average molecular weight is 549 g/mol. The van der Waals surface area contributed by atoms with Crippen LogP contribution in [0.3, 0.4) is 0 Å². The number of anilines is 2. The average Bonchev–Trinajstić information content (AvgIpc) is 3.37. The Morgan fingerprint density at radius 2 is 2.03 bits per heavy atom. The number of thiazole rings is 1. The van der Waals surface area contributed by atoms with Gasteiger partial charge in [-0.05, 0) is 37.8 Å². The van der Waals surface area contributed by atoms with Gasteiger partial charge in [0.05, 0.1) is 18.1 Å². The molecule has 31 heavy (non-hydrogen) atoms. The van der Waals surface area contributed by atoms with Crippen molar-refractivity contribution >= 4 is 72.2 Å². The van der Waals surface area contributed by atoms with Crippen molar-refractivity contribution in [1.29, 1.82) is 0 Å². The minimum absolute atomic E-state index is 0.0214. The number of nitrogens with one attached hydrogen (secondary N) is 1. The first-order valence-electron chi connectivity index (χ1n) is 9.93. The van der Waals surface area contributed by atoms with Crippen LogP contribution in [0.1, 0.15) is 31.7 Å². The van der Waals surface area contributed by atoms with E-state index in [9.17, 15) is 4.79 Å². The molecule has 1 aliphatic carbocycles. The van der Waals surface area contributed by atoms with Crippen LogP contribution in [0.15, 0.2) is 24.5 Å². The van der Waals surface area contributed by atoms with E-state index >= 15 is 0 Å². The lowest BCUT2D eigenvalue weighted by atomic mass is 9.85. The van der Waals surface area contributed by atoms with Crippen LogP contribution in [0, 0.1) is 9.75 Å². The molecule has 0 saturated heterocycles. The quantitative estimate of drug-likeness (QED) is 0.292. The zero-order chi connectivity index (χ0) is 21.5. The van der Waals surface area contributed by atoms with Crippen molar-refractivity contribution in [2.24, 2.45) is 5.92 Å². The number of nitrogens with two attached hydrogens (primary N) is 1. The monoisotopic (exact) mass is 549 g/mol. The first kappa shape index (κ1) is 20.4. The van der Waals surface area contributed by atoms with Gasteiger partial charge in [0.1, 0.15) is 16.8 Å². The molecule has 9 nitrogen and oxygen atoms in total. The maximum atomic E-state index is 12.9. The Labute approximate surface area is 195 Å². The van der Waals surface area contributed by atoms with Crippen molar-refractivity contribution in [1.82, 2.24) is 24.5 Å². The number of aromatic nitrogens is 5. The maximum absolute atomic E-state index is 12.9. The molecule has 1 amide bonds. The van der Waals surface area contributed by atoms with E-state index in [1.54, 1.807) is 13.4 Å². The minimum atomic E-state index is -0.0419. The molecule has 0 radical (unpaired) electrons. The largest absolute Gasteiger partial charge is 0.494 e. The SMILES string of the molecule is COc1cccc2sc(NC(=O)[C@H]3CC[C@@H](n4cnc5c(N)nc(I)nc54)CC3)nc12. The molecular weight excluding hydrogens is 529 g/mol.